The Labute approximate surface area is 124 Å². The zero-order valence-electron chi connectivity index (χ0n) is 8.88. The summed E-state index contributed by atoms with van der Waals surface area (Å²) in [6, 6.07) is 7.51. The Balaban J connectivity index is 2.81. The van der Waals surface area contributed by atoms with E-state index >= 15 is 0 Å². The Morgan fingerprint density at radius 2 is 2.00 bits per heavy atom. The molecule has 0 fully saturated rings. The van der Waals surface area contributed by atoms with E-state index in [1.165, 1.54) is 0 Å². The lowest BCUT2D eigenvalue weighted by Gasteiger charge is -2.20. The molecule has 0 heterocycles. The Kier molecular flexibility index (Phi) is 6.33. The fourth-order valence-electron chi connectivity index (χ4n) is 1.37. The maximum atomic E-state index is 5.74. The van der Waals surface area contributed by atoms with Crippen LogP contribution in [-0.2, 0) is 0 Å². The van der Waals surface area contributed by atoms with Crippen LogP contribution in [0.3, 0.4) is 0 Å². The normalized spacial score (nSPS) is 11.6. The van der Waals surface area contributed by atoms with Gasteiger partial charge in [-0.05, 0) is 5.56 Å². The predicted molar refractivity (Wildman–Crippen MR) is 88.9 cm³/mol. The molecule has 0 aromatic heterocycles. The zero-order valence-corrected chi connectivity index (χ0v) is 12.3. The van der Waals surface area contributed by atoms with Gasteiger partial charge in [0.25, 0.3) is 0 Å². The topological polar surface area (TPSA) is 24.1 Å². The van der Waals surface area contributed by atoms with Crippen molar-refractivity contribution < 1.29 is 0 Å². The lowest BCUT2D eigenvalue weighted by Crippen LogP contribution is -2.34. The Morgan fingerprint density at radius 1 is 1.29 bits per heavy atom. The summed E-state index contributed by atoms with van der Waals surface area (Å²) in [6.07, 6.45) is 0. The second kappa shape index (κ2) is 7.26. The van der Waals surface area contributed by atoms with Crippen molar-refractivity contribution >= 4 is 71.6 Å². The molecule has 0 saturated heterocycles. The first-order valence-electron chi connectivity index (χ1n) is 4.80. The number of hydrogen-bond donors (Lipinski definition) is 4. The van der Waals surface area contributed by atoms with Gasteiger partial charge in [0.15, 0.2) is 0 Å². The van der Waals surface area contributed by atoms with Gasteiger partial charge in [-0.1, -0.05) is 54.2 Å². The molecule has 0 aliphatic rings. The van der Waals surface area contributed by atoms with Crippen LogP contribution in [0.4, 0.5) is 0 Å². The van der Waals surface area contributed by atoms with Crippen molar-refractivity contribution in [2.24, 2.45) is 0 Å². The third-order valence-electron chi connectivity index (χ3n) is 2.07. The smallest absolute Gasteiger partial charge is 0.131 e. The van der Waals surface area contributed by atoms with Crippen LogP contribution < -0.4 is 16.1 Å². The molecule has 2 N–H and O–H groups in total. The van der Waals surface area contributed by atoms with Crippen LogP contribution in [-0.4, -0.2) is 23.0 Å². The van der Waals surface area contributed by atoms with Crippen molar-refractivity contribution in [2.45, 2.75) is 6.04 Å². The Hall–Kier alpha value is -0.235. The summed E-state index contributed by atoms with van der Waals surface area (Å²) in [5.41, 5.74) is 1.71. The van der Waals surface area contributed by atoms with Crippen LogP contribution in [0.25, 0.3) is 0 Å². The molecule has 7 heteroatoms. The highest BCUT2D eigenvalue weighted by Gasteiger charge is 2.11. The van der Waals surface area contributed by atoms with Gasteiger partial charge in [0.2, 0.25) is 0 Å². The van der Waals surface area contributed by atoms with E-state index in [2.05, 4.69) is 35.9 Å². The monoisotopic (exact) mass is 298 g/mol. The highest BCUT2D eigenvalue weighted by molar-refractivity contribution is 8.11. The molecule has 0 amide bonds. The molecule has 1 unspecified atom stereocenters. The number of benzene rings is 1. The molecule has 0 spiro atoms. The molecule has 1 rings (SSSR count). The predicted octanol–water partition coefficient (Wildman–Crippen LogP) is 1.13. The molecule has 0 bridgehead atoms. The average Bonchev–Trinajstić information content (AvgIpc) is 2.23. The number of hydrogen-bond acceptors (Lipinski definition) is 2. The minimum atomic E-state index is -0.0476. The van der Waals surface area contributed by atoms with E-state index in [1.54, 1.807) is 0 Å². The third kappa shape index (κ3) is 5.76. The van der Waals surface area contributed by atoms with Crippen molar-refractivity contribution in [1.82, 2.24) is 10.6 Å². The SMILES string of the molecule is [B]c1cccc(C(CNC(=S)S)NC(=S)S)c1. The van der Waals surface area contributed by atoms with E-state index < -0.39 is 0 Å². The third-order valence-corrected chi connectivity index (χ3v) is 2.62. The van der Waals surface area contributed by atoms with Crippen molar-refractivity contribution in [1.29, 1.82) is 0 Å². The van der Waals surface area contributed by atoms with Gasteiger partial charge in [-0.2, -0.15) is 0 Å². The van der Waals surface area contributed by atoms with Gasteiger partial charge >= 0.3 is 0 Å². The fraction of sp³-hybridized carbons (Fsp3) is 0.200. The summed E-state index contributed by atoms with van der Waals surface area (Å²) < 4.78 is 0.857. The Morgan fingerprint density at radius 3 is 2.53 bits per heavy atom. The minimum Gasteiger partial charge on any atom is -0.369 e. The lowest BCUT2D eigenvalue weighted by molar-refractivity contribution is 0.638. The first kappa shape index (κ1) is 14.8. The molecule has 17 heavy (non-hydrogen) atoms. The minimum absolute atomic E-state index is 0.0476. The molecule has 1 atom stereocenters. The van der Waals surface area contributed by atoms with Gasteiger partial charge in [0.1, 0.15) is 16.5 Å². The molecular weight excluding hydrogens is 287 g/mol. The fourth-order valence-corrected chi connectivity index (χ4v) is 1.84. The molecule has 2 radical (unpaired) electrons. The molecule has 1 aromatic rings. The van der Waals surface area contributed by atoms with E-state index in [0.29, 0.717) is 20.6 Å². The van der Waals surface area contributed by atoms with Crippen molar-refractivity contribution in [3.8, 4) is 0 Å². The molecule has 0 saturated carbocycles. The van der Waals surface area contributed by atoms with Gasteiger partial charge in [-0.15, -0.1) is 25.3 Å². The summed E-state index contributed by atoms with van der Waals surface area (Å²) in [5.74, 6) is 0. The highest BCUT2D eigenvalue weighted by atomic mass is 32.1. The molecule has 0 aliphatic carbocycles. The van der Waals surface area contributed by atoms with Crippen LogP contribution in [0.2, 0.25) is 0 Å². The summed E-state index contributed by atoms with van der Waals surface area (Å²) in [4.78, 5) is 0. The quantitative estimate of drug-likeness (QED) is 0.380. The molecule has 0 aliphatic heterocycles. The largest absolute Gasteiger partial charge is 0.369 e. The summed E-state index contributed by atoms with van der Waals surface area (Å²) in [6.45, 7) is 0.562. The van der Waals surface area contributed by atoms with Crippen molar-refractivity contribution in [2.75, 3.05) is 6.54 Å². The highest BCUT2D eigenvalue weighted by Crippen LogP contribution is 2.11. The van der Waals surface area contributed by atoms with Gasteiger partial charge in [0.05, 0.1) is 6.04 Å². The van der Waals surface area contributed by atoms with Crippen LogP contribution in [0.1, 0.15) is 11.6 Å². The van der Waals surface area contributed by atoms with E-state index in [4.69, 9.17) is 32.3 Å². The number of nitrogens with one attached hydrogen (secondary N) is 2. The first-order valence-corrected chi connectivity index (χ1v) is 6.52. The molecule has 88 valence electrons. The van der Waals surface area contributed by atoms with Crippen molar-refractivity contribution in [3.63, 3.8) is 0 Å². The van der Waals surface area contributed by atoms with E-state index in [1.807, 2.05) is 24.3 Å². The molecule has 1 aromatic carbocycles. The summed E-state index contributed by atoms with van der Waals surface area (Å²) in [7, 11) is 5.74. The van der Waals surface area contributed by atoms with Crippen LogP contribution >= 0.6 is 49.7 Å². The molecular formula is C10H11BN2S4. The van der Waals surface area contributed by atoms with E-state index in [-0.39, 0.29) is 6.04 Å². The van der Waals surface area contributed by atoms with Crippen LogP contribution in [0.15, 0.2) is 24.3 Å². The van der Waals surface area contributed by atoms with E-state index in [9.17, 15) is 0 Å². The van der Waals surface area contributed by atoms with Crippen LogP contribution in [0, 0.1) is 0 Å². The Bertz CT molecular complexity index is 425. The van der Waals surface area contributed by atoms with Gasteiger partial charge in [0, 0.05) is 6.54 Å². The number of thiol groups is 2. The average molecular weight is 298 g/mol. The summed E-state index contributed by atoms with van der Waals surface area (Å²) >= 11 is 17.9. The standard InChI is InChI=1S/C10H11BN2S4/c11-7-3-1-2-6(4-7)8(13-10(16)17)5-12-9(14)15/h1-4,8H,5H2,(H2,12,14,15)(H2,13,16,17). The maximum absolute atomic E-state index is 5.74. The van der Waals surface area contributed by atoms with E-state index in [0.717, 1.165) is 5.56 Å². The lowest BCUT2D eigenvalue weighted by atomic mass is 9.92. The number of rotatable bonds is 4. The number of thiocarbonyl (C=S) groups is 2. The first-order chi connectivity index (χ1) is 7.99. The molecule has 2 nitrogen and oxygen atoms in total. The van der Waals surface area contributed by atoms with Crippen LogP contribution in [0.5, 0.6) is 0 Å². The van der Waals surface area contributed by atoms with Gasteiger partial charge in [-0.3, -0.25) is 0 Å². The second-order valence-electron chi connectivity index (χ2n) is 3.36. The zero-order chi connectivity index (χ0) is 12.8. The van der Waals surface area contributed by atoms with Crippen molar-refractivity contribution in [3.05, 3.63) is 29.8 Å². The second-order valence-corrected chi connectivity index (χ2v) is 5.67. The van der Waals surface area contributed by atoms with Gasteiger partial charge < -0.3 is 10.6 Å². The summed E-state index contributed by atoms with van der Waals surface area (Å²) in [5, 5.41) is 6.03. The van der Waals surface area contributed by atoms with Gasteiger partial charge in [-0.25, -0.2) is 0 Å². The maximum Gasteiger partial charge on any atom is 0.131 e.